The van der Waals surface area contributed by atoms with Crippen molar-refractivity contribution in [2.24, 2.45) is 0 Å². The fourth-order valence-electron chi connectivity index (χ4n) is 2.03. The van der Waals surface area contributed by atoms with Crippen LogP contribution in [-0.2, 0) is 0 Å². The van der Waals surface area contributed by atoms with Gasteiger partial charge >= 0.3 is 0 Å². The molecule has 0 aliphatic carbocycles. The monoisotopic (exact) mass is 196 g/mol. The van der Waals surface area contributed by atoms with E-state index in [0.717, 1.165) is 11.2 Å². The van der Waals surface area contributed by atoms with Crippen LogP contribution in [0.25, 0.3) is 16.7 Å². The van der Waals surface area contributed by atoms with Gasteiger partial charge in [-0.3, -0.25) is 4.40 Å². The topological polar surface area (TPSA) is 17.3 Å². The Bertz CT molecular complexity index is 650. The third-order valence-electron chi connectivity index (χ3n) is 2.77. The molecule has 3 rings (SSSR count). The lowest BCUT2D eigenvalue weighted by atomic mass is 10.2. The highest BCUT2D eigenvalue weighted by Crippen LogP contribution is 2.19. The summed E-state index contributed by atoms with van der Waals surface area (Å²) in [5.74, 6) is 0. The van der Waals surface area contributed by atoms with Crippen molar-refractivity contribution in [3.8, 4) is 0 Å². The van der Waals surface area contributed by atoms with Crippen molar-refractivity contribution < 1.29 is 0 Å². The minimum Gasteiger partial charge on any atom is -0.297 e. The number of pyridine rings is 1. The van der Waals surface area contributed by atoms with Gasteiger partial charge in [0.2, 0.25) is 0 Å². The summed E-state index contributed by atoms with van der Waals surface area (Å²) in [5.41, 5.74) is 5.78. The maximum atomic E-state index is 4.58. The Morgan fingerprint density at radius 2 is 1.93 bits per heavy atom. The molecule has 0 saturated heterocycles. The summed E-state index contributed by atoms with van der Waals surface area (Å²) in [7, 11) is 0. The van der Waals surface area contributed by atoms with E-state index in [0.29, 0.717) is 0 Å². The number of benzene rings is 1. The van der Waals surface area contributed by atoms with Gasteiger partial charge in [0.15, 0.2) is 0 Å². The Kier molecular flexibility index (Phi) is 1.60. The number of rotatable bonds is 0. The van der Waals surface area contributed by atoms with Gasteiger partial charge in [-0.25, -0.2) is 4.98 Å². The van der Waals surface area contributed by atoms with Gasteiger partial charge in [0.25, 0.3) is 0 Å². The highest BCUT2D eigenvalue weighted by Gasteiger charge is 2.04. The highest BCUT2D eigenvalue weighted by atomic mass is 15.0. The standard InChI is InChI=1S/C13H12N2/c1-9-6-7-11-12(8-9)15-10(2)4-3-5-13(15)14-11/h3-8H,1-2H3. The molecule has 74 valence electrons. The van der Waals surface area contributed by atoms with E-state index < -0.39 is 0 Å². The number of hydrogen-bond acceptors (Lipinski definition) is 1. The third-order valence-corrected chi connectivity index (χ3v) is 2.77. The zero-order valence-electron chi connectivity index (χ0n) is 8.86. The summed E-state index contributed by atoms with van der Waals surface area (Å²) in [4.78, 5) is 4.58. The van der Waals surface area contributed by atoms with Crippen molar-refractivity contribution in [2.45, 2.75) is 13.8 Å². The minimum absolute atomic E-state index is 1.02. The molecule has 0 atom stereocenters. The average molecular weight is 196 g/mol. The third kappa shape index (κ3) is 1.14. The molecule has 0 amide bonds. The Labute approximate surface area is 88.2 Å². The van der Waals surface area contributed by atoms with E-state index in [1.165, 1.54) is 16.8 Å². The smallest absolute Gasteiger partial charge is 0.138 e. The highest BCUT2D eigenvalue weighted by molar-refractivity contribution is 5.81. The summed E-state index contributed by atoms with van der Waals surface area (Å²) >= 11 is 0. The van der Waals surface area contributed by atoms with E-state index >= 15 is 0 Å². The first kappa shape index (κ1) is 8.48. The zero-order chi connectivity index (χ0) is 10.4. The maximum absolute atomic E-state index is 4.58. The second-order valence-corrected chi connectivity index (χ2v) is 3.96. The predicted molar refractivity (Wildman–Crippen MR) is 62.2 cm³/mol. The molecule has 0 aliphatic heterocycles. The number of imidazole rings is 1. The molecular formula is C13H12N2. The Morgan fingerprint density at radius 3 is 2.80 bits per heavy atom. The van der Waals surface area contributed by atoms with E-state index in [4.69, 9.17) is 0 Å². The molecule has 0 saturated carbocycles. The molecule has 3 aromatic rings. The lowest BCUT2D eigenvalue weighted by Gasteiger charge is -2.00. The number of hydrogen-bond donors (Lipinski definition) is 0. The van der Waals surface area contributed by atoms with Crippen LogP contribution in [0.3, 0.4) is 0 Å². The van der Waals surface area contributed by atoms with E-state index in [1.807, 2.05) is 12.1 Å². The fourth-order valence-corrected chi connectivity index (χ4v) is 2.03. The number of fused-ring (bicyclic) bond motifs is 3. The SMILES string of the molecule is Cc1ccc2nc3cccc(C)n3c2c1. The molecule has 0 radical (unpaired) electrons. The lowest BCUT2D eigenvalue weighted by molar-refractivity contribution is 1.13. The summed E-state index contributed by atoms with van der Waals surface area (Å²) < 4.78 is 2.20. The first-order valence-electron chi connectivity index (χ1n) is 5.10. The predicted octanol–water partition coefficient (Wildman–Crippen LogP) is 3.10. The molecule has 15 heavy (non-hydrogen) atoms. The largest absolute Gasteiger partial charge is 0.297 e. The van der Waals surface area contributed by atoms with Gasteiger partial charge in [-0.05, 0) is 43.7 Å². The van der Waals surface area contributed by atoms with Crippen LogP contribution in [0.5, 0.6) is 0 Å². The van der Waals surface area contributed by atoms with Gasteiger partial charge in [-0.15, -0.1) is 0 Å². The van der Waals surface area contributed by atoms with Crippen LogP contribution < -0.4 is 0 Å². The quantitative estimate of drug-likeness (QED) is 0.540. The van der Waals surface area contributed by atoms with Gasteiger partial charge in [0.05, 0.1) is 11.0 Å². The molecule has 2 nitrogen and oxygen atoms in total. The van der Waals surface area contributed by atoms with Crippen LogP contribution in [-0.4, -0.2) is 9.38 Å². The second kappa shape index (κ2) is 2.83. The molecule has 0 bridgehead atoms. The molecule has 2 heteroatoms. The summed E-state index contributed by atoms with van der Waals surface area (Å²) in [5, 5.41) is 0. The Morgan fingerprint density at radius 1 is 1.07 bits per heavy atom. The van der Waals surface area contributed by atoms with Crippen LogP contribution in [0.4, 0.5) is 0 Å². The fraction of sp³-hybridized carbons (Fsp3) is 0.154. The first-order valence-corrected chi connectivity index (χ1v) is 5.10. The van der Waals surface area contributed by atoms with Crippen LogP contribution in [0.1, 0.15) is 11.3 Å². The maximum Gasteiger partial charge on any atom is 0.138 e. The van der Waals surface area contributed by atoms with Gasteiger partial charge in [0.1, 0.15) is 5.65 Å². The van der Waals surface area contributed by atoms with E-state index in [1.54, 1.807) is 0 Å². The van der Waals surface area contributed by atoms with Crippen molar-refractivity contribution in [1.29, 1.82) is 0 Å². The van der Waals surface area contributed by atoms with E-state index in [-0.39, 0.29) is 0 Å². The first-order chi connectivity index (χ1) is 7.25. The molecule has 0 fully saturated rings. The molecule has 0 spiro atoms. The molecular weight excluding hydrogens is 184 g/mol. The van der Waals surface area contributed by atoms with Gasteiger partial charge in [-0.1, -0.05) is 12.1 Å². The van der Waals surface area contributed by atoms with Gasteiger partial charge < -0.3 is 0 Å². The van der Waals surface area contributed by atoms with Crippen molar-refractivity contribution in [3.05, 3.63) is 47.7 Å². The van der Waals surface area contributed by atoms with Gasteiger partial charge in [-0.2, -0.15) is 0 Å². The Balaban J connectivity index is 2.61. The zero-order valence-corrected chi connectivity index (χ0v) is 8.86. The number of aromatic nitrogens is 2. The number of aryl methyl sites for hydroxylation is 2. The summed E-state index contributed by atoms with van der Waals surface area (Å²) in [6, 6.07) is 12.6. The van der Waals surface area contributed by atoms with E-state index in [2.05, 4.69) is 47.5 Å². The van der Waals surface area contributed by atoms with E-state index in [9.17, 15) is 0 Å². The Hall–Kier alpha value is -1.83. The van der Waals surface area contributed by atoms with Crippen molar-refractivity contribution in [2.75, 3.05) is 0 Å². The molecule has 0 unspecified atom stereocenters. The van der Waals surface area contributed by atoms with Crippen molar-refractivity contribution in [3.63, 3.8) is 0 Å². The lowest BCUT2D eigenvalue weighted by Crippen LogP contribution is -1.89. The van der Waals surface area contributed by atoms with Crippen LogP contribution in [0.2, 0.25) is 0 Å². The van der Waals surface area contributed by atoms with Gasteiger partial charge in [0, 0.05) is 5.69 Å². The summed E-state index contributed by atoms with van der Waals surface area (Å²) in [6.45, 7) is 4.22. The molecule has 2 heterocycles. The van der Waals surface area contributed by atoms with Crippen LogP contribution >= 0.6 is 0 Å². The van der Waals surface area contributed by atoms with Crippen molar-refractivity contribution in [1.82, 2.24) is 9.38 Å². The second-order valence-electron chi connectivity index (χ2n) is 3.96. The number of nitrogens with zero attached hydrogens (tertiary/aromatic N) is 2. The molecule has 2 aromatic heterocycles. The van der Waals surface area contributed by atoms with Crippen LogP contribution in [0, 0.1) is 13.8 Å². The summed E-state index contributed by atoms with van der Waals surface area (Å²) in [6.07, 6.45) is 0. The minimum atomic E-state index is 1.02. The molecule has 0 aliphatic rings. The average Bonchev–Trinajstić information content (AvgIpc) is 2.57. The van der Waals surface area contributed by atoms with Crippen LogP contribution in [0.15, 0.2) is 36.4 Å². The molecule has 0 N–H and O–H groups in total. The normalized spacial score (nSPS) is 11.3. The van der Waals surface area contributed by atoms with Crippen molar-refractivity contribution >= 4 is 16.7 Å². The molecule has 1 aromatic carbocycles.